The minimum atomic E-state index is -4.26. The van der Waals surface area contributed by atoms with Gasteiger partial charge < -0.3 is 9.26 Å². The minimum Gasteiger partial charge on any atom is -0.495 e. The van der Waals surface area contributed by atoms with Crippen molar-refractivity contribution in [1.29, 1.82) is 0 Å². The van der Waals surface area contributed by atoms with Crippen LogP contribution in [0, 0.1) is 5.82 Å². The highest BCUT2D eigenvalue weighted by Gasteiger charge is 2.25. The number of amides is 1. The van der Waals surface area contributed by atoms with Crippen molar-refractivity contribution in [3.63, 3.8) is 0 Å². The second-order valence-electron chi connectivity index (χ2n) is 6.46. The lowest BCUT2D eigenvalue weighted by Crippen LogP contribution is -2.15. The molecule has 2 aromatic carbocycles. The lowest BCUT2D eigenvalue weighted by molar-refractivity contribution is -0.114. The van der Waals surface area contributed by atoms with Gasteiger partial charge >= 0.3 is 0 Å². The van der Waals surface area contributed by atoms with Crippen molar-refractivity contribution in [3.05, 3.63) is 52.9 Å². The summed E-state index contributed by atoms with van der Waals surface area (Å²) >= 11 is 5.73. The second kappa shape index (κ2) is 8.94. The van der Waals surface area contributed by atoms with Gasteiger partial charge in [0, 0.05) is 11.9 Å². The Morgan fingerprint density at radius 2 is 2.00 bits per heavy atom. The van der Waals surface area contributed by atoms with E-state index in [1.807, 2.05) is 6.92 Å². The zero-order valence-corrected chi connectivity index (χ0v) is 18.4. The van der Waals surface area contributed by atoms with E-state index in [9.17, 15) is 17.6 Å². The largest absolute Gasteiger partial charge is 0.495 e. The Kier molecular flexibility index (Phi) is 6.51. The molecule has 2 N–H and O–H groups in total. The summed E-state index contributed by atoms with van der Waals surface area (Å²) in [5.41, 5.74) is 1.11. The number of nitrogens with one attached hydrogen (secondary N) is 2. The third-order valence-corrected chi connectivity index (χ3v) is 5.93. The van der Waals surface area contributed by atoms with E-state index in [-0.39, 0.29) is 33.1 Å². The fourth-order valence-electron chi connectivity index (χ4n) is 2.92. The van der Waals surface area contributed by atoms with Gasteiger partial charge in [-0.15, -0.1) is 0 Å². The molecule has 1 amide bonds. The molecule has 0 unspecified atom stereocenters. The highest BCUT2D eigenvalue weighted by molar-refractivity contribution is 7.92. The number of hydrogen-bond donors (Lipinski definition) is 2. The summed E-state index contributed by atoms with van der Waals surface area (Å²) in [6.45, 7) is 3.15. The highest BCUT2D eigenvalue weighted by Crippen LogP contribution is 2.37. The van der Waals surface area contributed by atoms with Crippen LogP contribution in [0.4, 0.5) is 16.0 Å². The van der Waals surface area contributed by atoms with Crippen LogP contribution in [0.1, 0.15) is 19.5 Å². The number of carbonyl (C=O) groups is 1. The molecule has 0 aliphatic heterocycles. The van der Waals surface area contributed by atoms with Gasteiger partial charge in [-0.3, -0.25) is 14.8 Å². The first-order chi connectivity index (χ1) is 14.7. The molecule has 11 heteroatoms. The third-order valence-electron chi connectivity index (χ3n) is 4.30. The van der Waals surface area contributed by atoms with E-state index in [2.05, 4.69) is 15.2 Å². The van der Waals surface area contributed by atoms with Gasteiger partial charge in [0.25, 0.3) is 10.0 Å². The van der Waals surface area contributed by atoms with Gasteiger partial charge in [0.1, 0.15) is 16.5 Å². The highest BCUT2D eigenvalue weighted by atomic mass is 35.5. The molecule has 3 aromatic rings. The Morgan fingerprint density at radius 1 is 1.26 bits per heavy atom. The molecule has 1 heterocycles. The van der Waals surface area contributed by atoms with E-state index in [1.165, 1.54) is 38.3 Å². The van der Waals surface area contributed by atoms with Crippen LogP contribution in [0.25, 0.3) is 11.1 Å². The minimum absolute atomic E-state index is 0.0428. The molecule has 0 aliphatic rings. The van der Waals surface area contributed by atoms with Gasteiger partial charge in [-0.05, 0) is 42.3 Å². The van der Waals surface area contributed by atoms with Crippen molar-refractivity contribution in [2.24, 2.45) is 0 Å². The van der Waals surface area contributed by atoms with Gasteiger partial charge in [-0.25, -0.2) is 12.8 Å². The fraction of sp³-hybridized carbons (Fsp3) is 0.200. The standard InChI is InChI=1S/C20H19ClFN3O5S/c1-4-15-19(20(30-24-15)23-11(2)26)12-5-8-17(29-3)18(9-12)31(27,28)25-16-7-6-13(21)10-14(16)22/h5-10,25H,4H2,1-3H3,(H,23,26). The van der Waals surface area contributed by atoms with Gasteiger partial charge in [0.05, 0.1) is 24.1 Å². The number of ether oxygens (including phenoxy) is 1. The summed E-state index contributed by atoms with van der Waals surface area (Å²) in [5, 5.41) is 6.61. The van der Waals surface area contributed by atoms with E-state index in [4.69, 9.17) is 20.9 Å². The van der Waals surface area contributed by atoms with E-state index in [1.54, 1.807) is 6.07 Å². The van der Waals surface area contributed by atoms with Gasteiger partial charge in [0.15, 0.2) is 0 Å². The molecule has 0 saturated heterocycles. The van der Waals surface area contributed by atoms with Crippen molar-refractivity contribution >= 4 is 39.1 Å². The van der Waals surface area contributed by atoms with E-state index in [0.29, 0.717) is 23.2 Å². The van der Waals surface area contributed by atoms with Crippen molar-refractivity contribution in [2.75, 3.05) is 17.1 Å². The molecule has 0 aliphatic carbocycles. The van der Waals surface area contributed by atoms with Crippen LogP contribution in [-0.4, -0.2) is 26.6 Å². The number of sulfonamides is 1. The predicted molar refractivity (Wildman–Crippen MR) is 114 cm³/mol. The molecule has 0 spiro atoms. The molecule has 1 aromatic heterocycles. The normalized spacial score (nSPS) is 11.3. The summed E-state index contributed by atoms with van der Waals surface area (Å²) in [6.07, 6.45) is 0.473. The maximum Gasteiger partial charge on any atom is 0.265 e. The van der Waals surface area contributed by atoms with Crippen LogP contribution < -0.4 is 14.8 Å². The van der Waals surface area contributed by atoms with Crippen molar-refractivity contribution < 1.29 is 26.9 Å². The number of benzene rings is 2. The van der Waals surface area contributed by atoms with Crippen molar-refractivity contribution in [2.45, 2.75) is 25.2 Å². The summed E-state index contributed by atoms with van der Waals surface area (Å²) in [6, 6.07) is 7.98. The Hall–Kier alpha value is -3.11. The maximum atomic E-state index is 14.2. The first-order valence-corrected chi connectivity index (χ1v) is 10.9. The Morgan fingerprint density at radius 3 is 2.61 bits per heavy atom. The molecule has 0 bridgehead atoms. The number of nitrogens with zero attached hydrogens (tertiary/aromatic N) is 1. The lowest BCUT2D eigenvalue weighted by atomic mass is 10.0. The average Bonchev–Trinajstić information content (AvgIpc) is 3.11. The van der Waals surface area contributed by atoms with Gasteiger partial charge in [0.2, 0.25) is 11.8 Å². The number of carbonyl (C=O) groups excluding carboxylic acids is 1. The lowest BCUT2D eigenvalue weighted by Gasteiger charge is -2.14. The number of hydrogen-bond acceptors (Lipinski definition) is 6. The Balaban J connectivity index is 2.12. The average molecular weight is 468 g/mol. The molecule has 164 valence electrons. The second-order valence-corrected chi connectivity index (χ2v) is 8.55. The summed E-state index contributed by atoms with van der Waals surface area (Å²) < 4.78 is 52.9. The summed E-state index contributed by atoms with van der Waals surface area (Å²) in [5.74, 6) is -1.07. The van der Waals surface area contributed by atoms with Crippen LogP contribution in [0.2, 0.25) is 5.02 Å². The molecule has 0 atom stereocenters. The zero-order chi connectivity index (χ0) is 22.8. The summed E-state index contributed by atoms with van der Waals surface area (Å²) in [4.78, 5) is 11.3. The number of rotatable bonds is 7. The van der Waals surface area contributed by atoms with Gasteiger partial charge in [-0.2, -0.15) is 0 Å². The van der Waals surface area contributed by atoms with Crippen LogP contribution in [-0.2, 0) is 21.2 Å². The first-order valence-electron chi connectivity index (χ1n) is 9.08. The van der Waals surface area contributed by atoms with Crippen LogP contribution in [0.5, 0.6) is 5.75 Å². The molecular formula is C20H19ClFN3O5S. The summed E-state index contributed by atoms with van der Waals surface area (Å²) in [7, 11) is -2.94. The first kappa shape index (κ1) is 22.6. The molecule has 8 nitrogen and oxygen atoms in total. The molecule has 0 radical (unpaired) electrons. The van der Waals surface area contributed by atoms with Gasteiger partial charge in [-0.1, -0.05) is 29.7 Å². The molecular weight excluding hydrogens is 449 g/mol. The molecule has 31 heavy (non-hydrogen) atoms. The van der Waals surface area contributed by atoms with E-state index in [0.717, 1.165) is 6.07 Å². The third kappa shape index (κ3) is 4.80. The quantitative estimate of drug-likeness (QED) is 0.530. The molecule has 0 saturated carbocycles. The van der Waals surface area contributed by atoms with Crippen LogP contribution in [0.3, 0.4) is 0 Å². The Bertz CT molecular complexity index is 1240. The van der Waals surface area contributed by atoms with Crippen molar-refractivity contribution in [1.82, 2.24) is 5.16 Å². The predicted octanol–water partition coefficient (Wildman–Crippen LogP) is 4.46. The number of aryl methyl sites for hydroxylation is 1. The fourth-order valence-corrected chi connectivity index (χ4v) is 4.34. The number of aromatic nitrogens is 1. The smallest absolute Gasteiger partial charge is 0.265 e. The Labute approximate surface area is 183 Å². The van der Waals surface area contributed by atoms with E-state index >= 15 is 0 Å². The topological polar surface area (TPSA) is 111 Å². The number of halogens is 2. The number of anilines is 2. The van der Waals surface area contributed by atoms with Crippen molar-refractivity contribution in [3.8, 4) is 16.9 Å². The number of methoxy groups -OCH3 is 1. The monoisotopic (exact) mass is 467 g/mol. The SMILES string of the molecule is CCc1noc(NC(C)=O)c1-c1ccc(OC)c(S(=O)(=O)Nc2ccc(Cl)cc2F)c1. The van der Waals surface area contributed by atoms with Crippen LogP contribution in [0.15, 0.2) is 45.8 Å². The maximum absolute atomic E-state index is 14.2. The molecule has 3 rings (SSSR count). The van der Waals surface area contributed by atoms with E-state index < -0.39 is 15.8 Å². The zero-order valence-electron chi connectivity index (χ0n) is 16.8. The van der Waals surface area contributed by atoms with Crippen LogP contribution >= 0.6 is 11.6 Å². The molecule has 0 fully saturated rings.